The highest BCUT2D eigenvalue weighted by atomic mass is 16.6. The average molecular weight is 442 g/mol. The maximum atomic E-state index is 12.3. The van der Waals surface area contributed by atoms with Crippen molar-refractivity contribution < 1.29 is 29.3 Å². The number of aliphatic hydroxyl groups is 2. The summed E-state index contributed by atoms with van der Waals surface area (Å²) in [5, 5.41) is 26.5. The van der Waals surface area contributed by atoms with E-state index in [-0.39, 0.29) is 19.6 Å². The van der Waals surface area contributed by atoms with Crippen molar-refractivity contribution in [3.05, 3.63) is 48.5 Å². The van der Waals surface area contributed by atoms with E-state index in [9.17, 15) is 19.8 Å². The van der Waals surface area contributed by atoms with Crippen LogP contribution in [0, 0.1) is 0 Å². The van der Waals surface area contributed by atoms with Crippen LogP contribution in [-0.4, -0.2) is 73.6 Å². The number of benzene rings is 1. The lowest BCUT2D eigenvalue weighted by Crippen LogP contribution is -2.43. The van der Waals surface area contributed by atoms with E-state index < -0.39 is 30.4 Å². The minimum Gasteiger partial charge on any atom is -0.466 e. The number of imidazole rings is 1. The molecule has 3 aromatic rings. The summed E-state index contributed by atoms with van der Waals surface area (Å²) in [6, 6.07) is 9.76. The van der Waals surface area contributed by atoms with Crippen LogP contribution >= 0.6 is 0 Å². The fraction of sp³-hybridized carbons (Fsp3) is 0.350. The van der Waals surface area contributed by atoms with Crippen molar-refractivity contribution in [2.45, 2.75) is 31.1 Å². The minimum atomic E-state index is -1.47. The number of anilines is 1. The first-order valence-corrected chi connectivity index (χ1v) is 9.90. The standard InChI is InChI=1S/C20H22N6O6/c27-11-31-7-6-21-19(30)16-14(28)15(29)20(32-16)26-10-25-13-17(23-9-24-18(13)26)22-8-12-4-2-1-3-5-12/h1-5,9-11,14-16,20,28-29H,6-8H2,(H,21,30)(H,22,23,24)/t14-,15+,16-,20+/m1/s1. The molecule has 1 amide bonds. The smallest absolute Gasteiger partial charge is 0.293 e. The van der Waals surface area contributed by atoms with Crippen LogP contribution in [0.4, 0.5) is 5.82 Å². The van der Waals surface area contributed by atoms with Crippen LogP contribution in [0.15, 0.2) is 43.0 Å². The maximum absolute atomic E-state index is 12.3. The average Bonchev–Trinajstić information content (AvgIpc) is 3.37. The fourth-order valence-corrected chi connectivity index (χ4v) is 3.44. The van der Waals surface area contributed by atoms with E-state index in [0.29, 0.717) is 23.5 Å². The van der Waals surface area contributed by atoms with Gasteiger partial charge in [-0.1, -0.05) is 30.3 Å². The van der Waals surface area contributed by atoms with Gasteiger partial charge in [0.15, 0.2) is 29.3 Å². The topological polar surface area (TPSA) is 161 Å². The van der Waals surface area contributed by atoms with Crippen LogP contribution < -0.4 is 10.6 Å². The van der Waals surface area contributed by atoms with E-state index in [1.54, 1.807) is 0 Å². The number of rotatable bonds is 9. The number of nitrogens with one attached hydrogen (secondary N) is 2. The Morgan fingerprint density at radius 2 is 2.00 bits per heavy atom. The summed E-state index contributed by atoms with van der Waals surface area (Å²) < 4.78 is 11.6. The number of carbonyl (C=O) groups excluding carboxylic acids is 2. The van der Waals surface area contributed by atoms with Gasteiger partial charge in [0, 0.05) is 6.54 Å². The van der Waals surface area contributed by atoms with Gasteiger partial charge in [-0.2, -0.15) is 0 Å². The Morgan fingerprint density at radius 1 is 1.19 bits per heavy atom. The van der Waals surface area contributed by atoms with E-state index in [1.165, 1.54) is 17.2 Å². The van der Waals surface area contributed by atoms with E-state index in [4.69, 9.17) is 4.74 Å². The van der Waals surface area contributed by atoms with Gasteiger partial charge in [0.25, 0.3) is 12.4 Å². The molecule has 1 saturated heterocycles. The molecule has 3 heterocycles. The molecule has 1 aliphatic heterocycles. The first kappa shape index (κ1) is 21.6. The quantitative estimate of drug-likeness (QED) is 0.247. The molecule has 2 aromatic heterocycles. The summed E-state index contributed by atoms with van der Waals surface area (Å²) in [4.78, 5) is 35.3. The van der Waals surface area contributed by atoms with Crippen molar-refractivity contribution in [2.75, 3.05) is 18.5 Å². The summed E-state index contributed by atoms with van der Waals surface area (Å²) in [5.74, 6) is -0.145. The molecule has 1 fully saturated rings. The Bertz CT molecular complexity index is 1080. The lowest BCUT2D eigenvalue weighted by atomic mass is 10.1. The molecule has 168 valence electrons. The zero-order valence-electron chi connectivity index (χ0n) is 16.9. The Labute approximate surface area is 182 Å². The van der Waals surface area contributed by atoms with Gasteiger partial charge in [0.05, 0.1) is 12.9 Å². The maximum Gasteiger partial charge on any atom is 0.293 e. The van der Waals surface area contributed by atoms with Gasteiger partial charge >= 0.3 is 0 Å². The zero-order valence-corrected chi connectivity index (χ0v) is 16.9. The Morgan fingerprint density at radius 3 is 2.78 bits per heavy atom. The fourth-order valence-electron chi connectivity index (χ4n) is 3.44. The highest BCUT2D eigenvalue weighted by Crippen LogP contribution is 2.32. The normalized spacial score (nSPS) is 22.6. The summed E-state index contributed by atoms with van der Waals surface area (Å²) >= 11 is 0. The van der Waals surface area contributed by atoms with Gasteiger partial charge in [0.1, 0.15) is 25.1 Å². The zero-order chi connectivity index (χ0) is 22.5. The Kier molecular flexibility index (Phi) is 6.54. The second kappa shape index (κ2) is 9.68. The van der Waals surface area contributed by atoms with Crippen LogP contribution in [-0.2, 0) is 25.6 Å². The van der Waals surface area contributed by atoms with Crippen LogP contribution in [0.25, 0.3) is 11.2 Å². The third kappa shape index (κ3) is 4.37. The van der Waals surface area contributed by atoms with Crippen LogP contribution in [0.1, 0.15) is 11.8 Å². The third-order valence-electron chi connectivity index (χ3n) is 5.02. The number of carbonyl (C=O) groups is 2. The van der Waals surface area contributed by atoms with Gasteiger partial charge in [-0.15, -0.1) is 0 Å². The Balaban J connectivity index is 1.49. The molecule has 1 aliphatic rings. The lowest BCUT2D eigenvalue weighted by molar-refractivity contribution is -0.138. The third-order valence-corrected chi connectivity index (χ3v) is 5.02. The number of ether oxygens (including phenoxy) is 2. The highest BCUT2D eigenvalue weighted by Gasteiger charge is 2.47. The second-order valence-corrected chi connectivity index (χ2v) is 7.07. The molecular weight excluding hydrogens is 420 g/mol. The second-order valence-electron chi connectivity index (χ2n) is 7.07. The molecule has 12 heteroatoms. The predicted molar refractivity (Wildman–Crippen MR) is 110 cm³/mol. The van der Waals surface area contributed by atoms with E-state index in [0.717, 1.165) is 5.56 Å². The van der Waals surface area contributed by atoms with E-state index in [2.05, 4.69) is 30.3 Å². The molecular formula is C20H22N6O6. The number of amides is 1. The van der Waals surface area contributed by atoms with E-state index >= 15 is 0 Å². The molecule has 0 aliphatic carbocycles. The van der Waals surface area contributed by atoms with Crippen molar-refractivity contribution in [3.63, 3.8) is 0 Å². The van der Waals surface area contributed by atoms with Crippen molar-refractivity contribution in [2.24, 2.45) is 0 Å². The largest absolute Gasteiger partial charge is 0.466 e. The van der Waals surface area contributed by atoms with Gasteiger partial charge in [-0.3, -0.25) is 14.2 Å². The first-order chi connectivity index (χ1) is 15.6. The van der Waals surface area contributed by atoms with Gasteiger partial charge in [0.2, 0.25) is 0 Å². The van der Waals surface area contributed by atoms with Crippen LogP contribution in [0.3, 0.4) is 0 Å². The summed E-state index contributed by atoms with van der Waals surface area (Å²) in [7, 11) is 0. The van der Waals surface area contributed by atoms with Crippen molar-refractivity contribution in [3.8, 4) is 0 Å². The number of aromatic nitrogens is 4. The van der Waals surface area contributed by atoms with Crippen molar-refractivity contribution >= 4 is 29.4 Å². The number of fused-ring (bicyclic) bond motifs is 1. The summed E-state index contributed by atoms with van der Waals surface area (Å²) in [6.07, 6.45) is -2.52. The van der Waals surface area contributed by atoms with Gasteiger partial charge < -0.3 is 30.3 Å². The molecule has 12 nitrogen and oxygen atoms in total. The molecule has 4 atom stereocenters. The molecule has 1 aromatic carbocycles. The molecule has 0 radical (unpaired) electrons. The molecule has 0 bridgehead atoms. The van der Waals surface area contributed by atoms with Crippen molar-refractivity contribution in [1.29, 1.82) is 0 Å². The van der Waals surface area contributed by atoms with Crippen molar-refractivity contribution in [1.82, 2.24) is 24.8 Å². The molecule has 0 unspecified atom stereocenters. The van der Waals surface area contributed by atoms with E-state index in [1.807, 2.05) is 30.3 Å². The van der Waals surface area contributed by atoms with Crippen LogP contribution in [0.5, 0.6) is 0 Å². The predicted octanol–water partition coefficient (Wildman–Crippen LogP) is -0.653. The molecule has 4 N–H and O–H groups in total. The number of hydrogen-bond acceptors (Lipinski definition) is 10. The highest BCUT2D eigenvalue weighted by molar-refractivity contribution is 5.83. The van der Waals surface area contributed by atoms with Gasteiger partial charge in [-0.05, 0) is 5.56 Å². The summed E-state index contributed by atoms with van der Waals surface area (Å²) in [5.41, 5.74) is 1.88. The van der Waals surface area contributed by atoms with Gasteiger partial charge in [-0.25, -0.2) is 15.0 Å². The summed E-state index contributed by atoms with van der Waals surface area (Å²) in [6.45, 7) is 0.813. The number of nitrogens with zero attached hydrogens (tertiary/aromatic N) is 4. The SMILES string of the molecule is O=COCCNC(=O)[C@@H]1O[C@H](n2cnc3c(NCc4ccccc4)ncnc32)[C@@H](O)[C@H]1O. The molecule has 4 rings (SSSR count). The minimum absolute atomic E-state index is 0.0220. The Hall–Kier alpha value is -3.61. The first-order valence-electron chi connectivity index (χ1n) is 9.90. The molecule has 0 saturated carbocycles. The molecule has 32 heavy (non-hydrogen) atoms. The number of aliphatic hydroxyl groups excluding tert-OH is 2. The monoisotopic (exact) mass is 442 g/mol. The molecule has 0 spiro atoms. The number of hydrogen-bond donors (Lipinski definition) is 4. The van der Waals surface area contributed by atoms with Crippen LogP contribution in [0.2, 0.25) is 0 Å². The lowest BCUT2D eigenvalue weighted by Gasteiger charge is -2.16.